The second-order valence-electron chi connectivity index (χ2n) is 7.33. The number of ether oxygens (including phenoxy) is 1. The largest absolute Gasteiger partial charge is 0.493 e. The van der Waals surface area contributed by atoms with Gasteiger partial charge in [-0.3, -0.25) is 4.79 Å². The molecule has 5 nitrogen and oxygen atoms in total. The Labute approximate surface area is 154 Å². The number of amides is 1. The van der Waals surface area contributed by atoms with E-state index in [1.54, 1.807) is 0 Å². The number of aromatic nitrogens is 1. The SMILES string of the molecule is CCc1noc(C)c1C(=O)N(Cc1ccc2c(c1)CCO2)C1CCCC1. The van der Waals surface area contributed by atoms with Crippen molar-refractivity contribution in [3.05, 3.63) is 46.3 Å². The van der Waals surface area contributed by atoms with Crippen molar-refractivity contribution in [3.63, 3.8) is 0 Å². The molecule has 1 aliphatic carbocycles. The molecule has 0 bridgehead atoms. The maximum Gasteiger partial charge on any atom is 0.259 e. The summed E-state index contributed by atoms with van der Waals surface area (Å²) in [6, 6.07) is 6.61. The van der Waals surface area contributed by atoms with Crippen LogP contribution in [0, 0.1) is 6.92 Å². The molecule has 2 aliphatic rings. The predicted octanol–water partition coefficient (Wildman–Crippen LogP) is 4.07. The van der Waals surface area contributed by atoms with Gasteiger partial charge in [0.1, 0.15) is 17.1 Å². The number of fused-ring (bicyclic) bond motifs is 1. The van der Waals surface area contributed by atoms with E-state index in [4.69, 9.17) is 9.26 Å². The van der Waals surface area contributed by atoms with E-state index in [1.807, 2.05) is 24.8 Å². The summed E-state index contributed by atoms with van der Waals surface area (Å²) in [5.41, 5.74) is 3.83. The van der Waals surface area contributed by atoms with Crippen molar-refractivity contribution < 1.29 is 14.1 Å². The molecule has 1 fully saturated rings. The average molecular weight is 354 g/mol. The maximum absolute atomic E-state index is 13.4. The molecule has 1 aromatic heterocycles. The van der Waals surface area contributed by atoms with Crippen LogP contribution in [0.4, 0.5) is 0 Å². The lowest BCUT2D eigenvalue weighted by atomic mass is 10.0. The summed E-state index contributed by atoms with van der Waals surface area (Å²) in [4.78, 5) is 15.5. The number of hydrogen-bond donors (Lipinski definition) is 0. The van der Waals surface area contributed by atoms with E-state index in [0.29, 0.717) is 30.3 Å². The molecule has 138 valence electrons. The van der Waals surface area contributed by atoms with Gasteiger partial charge in [-0.15, -0.1) is 0 Å². The first-order chi connectivity index (χ1) is 12.7. The lowest BCUT2D eigenvalue weighted by Crippen LogP contribution is -2.38. The Morgan fingerprint density at radius 2 is 2.12 bits per heavy atom. The van der Waals surface area contributed by atoms with Gasteiger partial charge in [0.15, 0.2) is 0 Å². The van der Waals surface area contributed by atoms with Gasteiger partial charge in [-0.2, -0.15) is 0 Å². The molecule has 1 aromatic carbocycles. The number of nitrogens with zero attached hydrogens (tertiary/aromatic N) is 2. The van der Waals surface area contributed by atoms with Gasteiger partial charge >= 0.3 is 0 Å². The van der Waals surface area contributed by atoms with Crippen molar-refractivity contribution >= 4 is 5.91 Å². The van der Waals surface area contributed by atoms with Crippen LogP contribution in [0.5, 0.6) is 5.75 Å². The van der Waals surface area contributed by atoms with Crippen molar-refractivity contribution in [2.45, 2.75) is 65.0 Å². The highest BCUT2D eigenvalue weighted by Crippen LogP contribution is 2.30. The number of aryl methyl sites for hydroxylation is 2. The highest BCUT2D eigenvalue weighted by molar-refractivity contribution is 5.96. The van der Waals surface area contributed by atoms with Gasteiger partial charge in [0.25, 0.3) is 5.91 Å². The van der Waals surface area contributed by atoms with Gasteiger partial charge in [0, 0.05) is 19.0 Å². The third-order valence-corrected chi connectivity index (χ3v) is 5.62. The Hall–Kier alpha value is -2.30. The first-order valence-electron chi connectivity index (χ1n) is 9.68. The predicted molar refractivity (Wildman–Crippen MR) is 98.4 cm³/mol. The summed E-state index contributed by atoms with van der Waals surface area (Å²) in [7, 11) is 0. The molecular formula is C21H26N2O3. The van der Waals surface area contributed by atoms with E-state index in [-0.39, 0.29) is 5.91 Å². The molecule has 1 saturated carbocycles. The van der Waals surface area contributed by atoms with Crippen LogP contribution in [0.1, 0.15) is 65.5 Å². The first-order valence-corrected chi connectivity index (χ1v) is 9.68. The molecule has 26 heavy (non-hydrogen) atoms. The number of rotatable bonds is 5. The smallest absolute Gasteiger partial charge is 0.259 e. The molecule has 1 aliphatic heterocycles. The quantitative estimate of drug-likeness (QED) is 0.812. The molecule has 2 heterocycles. The van der Waals surface area contributed by atoms with Gasteiger partial charge in [0.05, 0.1) is 12.3 Å². The second-order valence-corrected chi connectivity index (χ2v) is 7.33. The zero-order chi connectivity index (χ0) is 18.1. The molecule has 0 atom stereocenters. The molecule has 2 aromatic rings. The van der Waals surface area contributed by atoms with Crippen LogP contribution in [0.15, 0.2) is 22.7 Å². The minimum Gasteiger partial charge on any atom is -0.493 e. The van der Waals surface area contributed by atoms with Gasteiger partial charge in [-0.05, 0) is 43.4 Å². The zero-order valence-electron chi connectivity index (χ0n) is 15.6. The van der Waals surface area contributed by atoms with E-state index in [9.17, 15) is 4.79 Å². The maximum atomic E-state index is 13.4. The van der Waals surface area contributed by atoms with Crippen LogP contribution in [0.2, 0.25) is 0 Å². The molecule has 5 heteroatoms. The molecule has 0 saturated heterocycles. The number of hydrogen-bond acceptors (Lipinski definition) is 4. The standard InChI is InChI=1S/C21H26N2O3/c1-3-18-20(14(2)26-22-18)21(24)23(17-6-4-5-7-17)13-15-8-9-19-16(12-15)10-11-25-19/h8-9,12,17H,3-7,10-11,13H2,1-2H3. The Bertz CT molecular complexity index is 806. The summed E-state index contributed by atoms with van der Waals surface area (Å²) < 4.78 is 10.9. The Morgan fingerprint density at radius 3 is 2.88 bits per heavy atom. The number of carbonyl (C=O) groups is 1. The Kier molecular flexibility index (Phi) is 4.70. The summed E-state index contributed by atoms with van der Waals surface area (Å²) >= 11 is 0. The molecule has 0 N–H and O–H groups in total. The molecule has 1 amide bonds. The minimum absolute atomic E-state index is 0.0595. The fourth-order valence-corrected chi connectivity index (χ4v) is 4.19. The van der Waals surface area contributed by atoms with Gasteiger partial charge < -0.3 is 14.2 Å². The zero-order valence-corrected chi connectivity index (χ0v) is 15.6. The first kappa shape index (κ1) is 17.1. The van der Waals surface area contributed by atoms with E-state index < -0.39 is 0 Å². The van der Waals surface area contributed by atoms with Crippen molar-refractivity contribution in [2.24, 2.45) is 0 Å². The fraction of sp³-hybridized carbons (Fsp3) is 0.524. The summed E-state index contributed by atoms with van der Waals surface area (Å²) in [5, 5.41) is 4.08. The van der Waals surface area contributed by atoms with Crippen LogP contribution in [-0.4, -0.2) is 28.6 Å². The van der Waals surface area contributed by atoms with E-state index in [0.717, 1.165) is 37.3 Å². The third-order valence-electron chi connectivity index (χ3n) is 5.62. The second kappa shape index (κ2) is 7.14. The van der Waals surface area contributed by atoms with Crippen LogP contribution >= 0.6 is 0 Å². The Morgan fingerprint density at radius 1 is 1.31 bits per heavy atom. The molecule has 4 rings (SSSR count). The summed E-state index contributed by atoms with van der Waals surface area (Å²) in [5.74, 6) is 1.66. The van der Waals surface area contributed by atoms with Crippen molar-refractivity contribution in [1.82, 2.24) is 10.1 Å². The van der Waals surface area contributed by atoms with E-state index in [1.165, 1.54) is 24.0 Å². The minimum atomic E-state index is 0.0595. The van der Waals surface area contributed by atoms with Crippen LogP contribution in [0.3, 0.4) is 0 Å². The van der Waals surface area contributed by atoms with Crippen molar-refractivity contribution in [2.75, 3.05) is 6.61 Å². The van der Waals surface area contributed by atoms with Crippen LogP contribution < -0.4 is 4.74 Å². The third kappa shape index (κ3) is 3.11. The van der Waals surface area contributed by atoms with Crippen molar-refractivity contribution in [1.29, 1.82) is 0 Å². The van der Waals surface area contributed by atoms with E-state index in [2.05, 4.69) is 17.3 Å². The Balaban J connectivity index is 1.64. The van der Waals surface area contributed by atoms with Crippen LogP contribution in [-0.2, 0) is 19.4 Å². The molecule has 0 spiro atoms. The molecular weight excluding hydrogens is 328 g/mol. The lowest BCUT2D eigenvalue weighted by molar-refractivity contribution is 0.0661. The van der Waals surface area contributed by atoms with Gasteiger partial charge in [0.2, 0.25) is 0 Å². The summed E-state index contributed by atoms with van der Waals surface area (Å²) in [6.45, 7) is 5.22. The van der Waals surface area contributed by atoms with E-state index >= 15 is 0 Å². The molecule has 0 radical (unpaired) electrons. The number of carbonyl (C=O) groups excluding carboxylic acids is 1. The van der Waals surface area contributed by atoms with Crippen LogP contribution in [0.25, 0.3) is 0 Å². The fourth-order valence-electron chi connectivity index (χ4n) is 4.19. The average Bonchev–Trinajstić information content (AvgIpc) is 3.39. The number of benzene rings is 1. The van der Waals surface area contributed by atoms with Crippen molar-refractivity contribution in [3.8, 4) is 5.75 Å². The van der Waals surface area contributed by atoms with Gasteiger partial charge in [-0.25, -0.2) is 0 Å². The lowest BCUT2D eigenvalue weighted by Gasteiger charge is -2.29. The van der Waals surface area contributed by atoms with Gasteiger partial charge in [-0.1, -0.05) is 37.1 Å². The normalized spacial score (nSPS) is 16.5. The highest BCUT2D eigenvalue weighted by atomic mass is 16.5. The monoisotopic (exact) mass is 354 g/mol. The topological polar surface area (TPSA) is 55.6 Å². The molecule has 0 unspecified atom stereocenters. The highest BCUT2D eigenvalue weighted by Gasteiger charge is 2.31. The summed E-state index contributed by atoms with van der Waals surface area (Å²) in [6.07, 6.45) is 6.18.